The number of aromatic nitrogens is 1. The molecular formula is C16H17N3O3S. The summed E-state index contributed by atoms with van der Waals surface area (Å²) in [5, 5.41) is 2.69. The van der Waals surface area contributed by atoms with Crippen molar-refractivity contribution in [2.75, 3.05) is 24.6 Å². The molecule has 0 fully saturated rings. The number of nitrogen functional groups attached to an aromatic ring is 1. The minimum Gasteiger partial charge on any atom is -0.452 e. The van der Waals surface area contributed by atoms with Crippen LogP contribution in [0.15, 0.2) is 53.6 Å². The van der Waals surface area contributed by atoms with Crippen LogP contribution in [0.25, 0.3) is 0 Å². The molecule has 2 rings (SSSR count). The van der Waals surface area contributed by atoms with Crippen LogP contribution >= 0.6 is 11.8 Å². The van der Waals surface area contributed by atoms with Gasteiger partial charge in [-0.25, -0.2) is 9.78 Å². The van der Waals surface area contributed by atoms with Crippen LogP contribution in [-0.4, -0.2) is 35.8 Å². The molecule has 0 spiro atoms. The van der Waals surface area contributed by atoms with Crippen molar-refractivity contribution in [3.05, 3.63) is 54.2 Å². The van der Waals surface area contributed by atoms with Crippen molar-refractivity contribution in [3.63, 3.8) is 0 Å². The lowest BCUT2D eigenvalue weighted by Crippen LogP contribution is -2.30. The molecule has 3 N–H and O–H groups in total. The van der Waals surface area contributed by atoms with Crippen molar-refractivity contribution >= 4 is 29.5 Å². The number of carbonyl (C=O) groups is 2. The van der Waals surface area contributed by atoms with Crippen LogP contribution < -0.4 is 11.1 Å². The van der Waals surface area contributed by atoms with Crippen molar-refractivity contribution in [2.24, 2.45) is 0 Å². The second-order valence-corrected chi connectivity index (χ2v) is 5.69. The van der Waals surface area contributed by atoms with Crippen molar-refractivity contribution in [3.8, 4) is 0 Å². The number of esters is 1. The first-order chi connectivity index (χ1) is 11.2. The number of nitrogens with two attached hydrogens (primary N) is 1. The van der Waals surface area contributed by atoms with E-state index in [9.17, 15) is 9.59 Å². The van der Waals surface area contributed by atoms with Crippen molar-refractivity contribution < 1.29 is 14.3 Å². The number of nitrogens with zero attached hydrogens (tertiary/aromatic N) is 1. The number of ether oxygens (including phenoxy) is 1. The summed E-state index contributed by atoms with van der Waals surface area (Å²) in [4.78, 5) is 28.3. The molecule has 0 aliphatic carbocycles. The van der Waals surface area contributed by atoms with Crippen LogP contribution in [0.3, 0.4) is 0 Å². The fraction of sp³-hybridized carbons (Fsp3) is 0.188. The minimum absolute atomic E-state index is 0.0807. The van der Waals surface area contributed by atoms with E-state index < -0.39 is 5.97 Å². The van der Waals surface area contributed by atoms with E-state index in [-0.39, 0.29) is 23.9 Å². The Labute approximate surface area is 138 Å². The van der Waals surface area contributed by atoms with E-state index in [2.05, 4.69) is 10.3 Å². The zero-order valence-corrected chi connectivity index (χ0v) is 13.2. The Morgan fingerprint density at radius 2 is 1.96 bits per heavy atom. The van der Waals surface area contributed by atoms with Gasteiger partial charge in [0.15, 0.2) is 6.61 Å². The first kappa shape index (κ1) is 16.8. The average Bonchev–Trinajstić information content (AvgIpc) is 2.58. The van der Waals surface area contributed by atoms with E-state index in [1.807, 2.05) is 30.3 Å². The van der Waals surface area contributed by atoms with Crippen LogP contribution in [0.1, 0.15) is 10.4 Å². The van der Waals surface area contributed by atoms with Crippen LogP contribution in [-0.2, 0) is 9.53 Å². The molecule has 23 heavy (non-hydrogen) atoms. The molecule has 1 aromatic heterocycles. The predicted octanol–water partition coefficient (Wildman–Crippen LogP) is 1.73. The van der Waals surface area contributed by atoms with Gasteiger partial charge in [0.05, 0.1) is 0 Å². The SMILES string of the molecule is Nc1ncccc1C(=O)OCC(=O)NCCSc1ccccc1. The Balaban J connectivity index is 1.65. The summed E-state index contributed by atoms with van der Waals surface area (Å²) in [6.07, 6.45) is 1.48. The van der Waals surface area contributed by atoms with Crippen molar-refractivity contribution in [1.29, 1.82) is 0 Å². The number of nitrogens with one attached hydrogen (secondary N) is 1. The van der Waals surface area contributed by atoms with Gasteiger partial charge in [0.1, 0.15) is 11.4 Å². The maximum absolute atomic E-state index is 11.8. The maximum atomic E-state index is 11.8. The van der Waals surface area contributed by atoms with Gasteiger partial charge in [-0.1, -0.05) is 18.2 Å². The summed E-state index contributed by atoms with van der Waals surface area (Å²) in [5.41, 5.74) is 5.72. The summed E-state index contributed by atoms with van der Waals surface area (Å²) in [6, 6.07) is 13.0. The average molecular weight is 331 g/mol. The molecule has 0 aliphatic heterocycles. The molecule has 7 heteroatoms. The molecule has 1 amide bonds. The van der Waals surface area contributed by atoms with E-state index in [1.165, 1.54) is 12.3 Å². The zero-order chi connectivity index (χ0) is 16.5. The zero-order valence-electron chi connectivity index (χ0n) is 12.4. The van der Waals surface area contributed by atoms with Crippen molar-refractivity contribution in [1.82, 2.24) is 10.3 Å². The highest BCUT2D eigenvalue weighted by Crippen LogP contribution is 2.15. The number of carbonyl (C=O) groups excluding carboxylic acids is 2. The lowest BCUT2D eigenvalue weighted by molar-refractivity contribution is -0.124. The van der Waals surface area contributed by atoms with Gasteiger partial charge >= 0.3 is 5.97 Å². The lowest BCUT2D eigenvalue weighted by atomic mass is 10.2. The fourth-order valence-electron chi connectivity index (χ4n) is 1.73. The second kappa shape index (κ2) is 8.79. The van der Waals surface area contributed by atoms with Gasteiger partial charge in [-0.15, -0.1) is 11.8 Å². The number of benzene rings is 1. The molecule has 6 nitrogen and oxygen atoms in total. The Kier molecular flexibility index (Phi) is 6.43. The molecule has 1 heterocycles. The molecule has 0 aliphatic rings. The van der Waals surface area contributed by atoms with Crippen LogP contribution in [0, 0.1) is 0 Å². The summed E-state index contributed by atoms with van der Waals surface area (Å²) >= 11 is 1.64. The normalized spacial score (nSPS) is 10.1. The maximum Gasteiger partial charge on any atom is 0.342 e. The number of anilines is 1. The van der Waals surface area contributed by atoms with E-state index in [4.69, 9.17) is 10.5 Å². The molecule has 2 aromatic rings. The highest BCUT2D eigenvalue weighted by molar-refractivity contribution is 7.99. The van der Waals surface area contributed by atoms with Crippen molar-refractivity contribution in [2.45, 2.75) is 4.90 Å². The van der Waals surface area contributed by atoms with E-state index >= 15 is 0 Å². The minimum atomic E-state index is -0.663. The molecule has 0 saturated carbocycles. The highest BCUT2D eigenvalue weighted by atomic mass is 32.2. The monoisotopic (exact) mass is 331 g/mol. The third-order valence-electron chi connectivity index (χ3n) is 2.83. The lowest BCUT2D eigenvalue weighted by Gasteiger charge is -2.07. The summed E-state index contributed by atoms with van der Waals surface area (Å²) in [5.74, 6) is -0.199. The number of pyridine rings is 1. The predicted molar refractivity (Wildman–Crippen MR) is 89.1 cm³/mol. The van der Waals surface area contributed by atoms with Gasteiger partial charge in [0, 0.05) is 23.4 Å². The van der Waals surface area contributed by atoms with Gasteiger partial charge in [-0.2, -0.15) is 0 Å². The van der Waals surface area contributed by atoms with E-state index in [1.54, 1.807) is 17.8 Å². The topological polar surface area (TPSA) is 94.3 Å². The molecule has 0 bridgehead atoms. The first-order valence-corrected chi connectivity index (χ1v) is 7.97. The smallest absolute Gasteiger partial charge is 0.342 e. The Morgan fingerprint density at radius 3 is 2.70 bits per heavy atom. The standard InChI is InChI=1S/C16H17N3O3S/c17-15-13(7-4-8-19-15)16(21)22-11-14(20)18-9-10-23-12-5-2-1-3-6-12/h1-8H,9-11H2,(H2,17,19)(H,18,20). The van der Waals surface area contributed by atoms with Gasteiger partial charge in [-0.3, -0.25) is 4.79 Å². The molecular weight excluding hydrogens is 314 g/mol. The molecule has 0 saturated heterocycles. The third-order valence-corrected chi connectivity index (χ3v) is 3.84. The molecule has 0 radical (unpaired) electrons. The summed E-state index contributed by atoms with van der Waals surface area (Å²) in [7, 11) is 0. The van der Waals surface area contributed by atoms with Crippen LogP contribution in [0.2, 0.25) is 0 Å². The van der Waals surface area contributed by atoms with Crippen LogP contribution in [0.5, 0.6) is 0 Å². The third kappa shape index (κ3) is 5.63. The van der Waals surface area contributed by atoms with Gasteiger partial charge in [-0.05, 0) is 24.3 Å². The van der Waals surface area contributed by atoms with Crippen LogP contribution in [0.4, 0.5) is 5.82 Å². The van der Waals surface area contributed by atoms with E-state index in [0.29, 0.717) is 6.54 Å². The Hall–Kier alpha value is -2.54. The van der Waals surface area contributed by atoms with E-state index in [0.717, 1.165) is 10.6 Å². The summed E-state index contributed by atoms with van der Waals surface area (Å²) < 4.78 is 4.91. The number of rotatable bonds is 7. The fourth-order valence-corrected chi connectivity index (χ4v) is 2.52. The number of hydrogen-bond acceptors (Lipinski definition) is 6. The Bertz CT molecular complexity index is 665. The summed E-state index contributed by atoms with van der Waals surface area (Å²) in [6.45, 7) is 0.147. The highest BCUT2D eigenvalue weighted by Gasteiger charge is 2.13. The molecule has 1 aromatic carbocycles. The molecule has 120 valence electrons. The Morgan fingerprint density at radius 1 is 1.17 bits per heavy atom. The van der Waals surface area contributed by atoms with Gasteiger partial charge in [0.25, 0.3) is 5.91 Å². The number of amides is 1. The molecule has 0 atom stereocenters. The van der Waals surface area contributed by atoms with Gasteiger partial charge < -0.3 is 15.8 Å². The largest absolute Gasteiger partial charge is 0.452 e. The number of thioether (sulfide) groups is 1. The second-order valence-electron chi connectivity index (χ2n) is 4.52. The quantitative estimate of drug-likeness (QED) is 0.456. The first-order valence-electron chi connectivity index (χ1n) is 6.99. The van der Waals surface area contributed by atoms with Gasteiger partial charge in [0.2, 0.25) is 0 Å². The molecule has 0 unspecified atom stereocenters. The number of hydrogen-bond donors (Lipinski definition) is 2.